The summed E-state index contributed by atoms with van der Waals surface area (Å²) in [6.45, 7) is 4.04. The molecule has 1 aromatic carbocycles. The molecule has 1 aliphatic rings. The summed E-state index contributed by atoms with van der Waals surface area (Å²) in [5.41, 5.74) is 2.02. The summed E-state index contributed by atoms with van der Waals surface area (Å²) in [6, 6.07) is 11.8. The molecule has 0 bridgehead atoms. The minimum absolute atomic E-state index is 0.260. The molecule has 2 heterocycles. The Bertz CT molecular complexity index is 633. The van der Waals surface area contributed by atoms with Gasteiger partial charge < -0.3 is 14.6 Å². The highest BCUT2D eigenvalue weighted by Gasteiger charge is 2.42. The molecule has 98 valence electrons. The zero-order valence-electron chi connectivity index (χ0n) is 11.0. The Kier molecular flexibility index (Phi) is 2.59. The Balaban J connectivity index is 2.16. The number of nitrogens with zero attached hydrogens (tertiary/aromatic N) is 1. The van der Waals surface area contributed by atoms with E-state index in [0.717, 1.165) is 17.1 Å². The molecule has 3 rings (SSSR count). The second-order valence-electron chi connectivity index (χ2n) is 4.75. The van der Waals surface area contributed by atoms with Crippen molar-refractivity contribution in [2.24, 2.45) is 0 Å². The number of esters is 1. The number of fused-ring (bicyclic) bond motifs is 3. The van der Waals surface area contributed by atoms with Crippen LogP contribution >= 0.6 is 0 Å². The molecule has 4 nitrogen and oxygen atoms in total. The van der Waals surface area contributed by atoms with Crippen LogP contribution in [0.2, 0.25) is 0 Å². The number of aromatic nitrogens is 1. The molecule has 4 heteroatoms. The lowest BCUT2D eigenvalue weighted by atomic mass is 9.94. The molecule has 1 N–H and O–H groups in total. The van der Waals surface area contributed by atoms with Gasteiger partial charge in [0.25, 0.3) is 0 Å². The normalized spacial score (nSPS) is 20.1. The molecule has 1 unspecified atom stereocenters. The predicted octanol–water partition coefficient (Wildman–Crippen LogP) is 2.68. The Morgan fingerprint density at radius 1 is 1.32 bits per heavy atom. The first-order valence-corrected chi connectivity index (χ1v) is 6.39. The van der Waals surface area contributed by atoms with Gasteiger partial charge in [0.1, 0.15) is 0 Å². The van der Waals surface area contributed by atoms with Gasteiger partial charge in [-0.25, -0.2) is 4.79 Å². The molecule has 2 aromatic rings. The number of ether oxygens (including phenoxy) is 1. The smallest absolute Gasteiger partial charge is 0.337 e. The second-order valence-corrected chi connectivity index (χ2v) is 4.75. The van der Waals surface area contributed by atoms with Gasteiger partial charge in [-0.05, 0) is 38.1 Å². The Labute approximate surface area is 112 Å². The van der Waals surface area contributed by atoms with Crippen LogP contribution in [0.15, 0.2) is 42.6 Å². The summed E-state index contributed by atoms with van der Waals surface area (Å²) in [5.74, 6) is -0.260. The summed E-state index contributed by atoms with van der Waals surface area (Å²) < 4.78 is 7.24. The van der Waals surface area contributed by atoms with E-state index >= 15 is 0 Å². The van der Waals surface area contributed by atoms with Gasteiger partial charge in [0, 0.05) is 6.20 Å². The molecular weight excluding hydrogens is 240 g/mol. The van der Waals surface area contributed by atoms with Gasteiger partial charge in [-0.1, -0.05) is 12.1 Å². The zero-order chi connectivity index (χ0) is 13.5. The first-order chi connectivity index (χ1) is 9.16. The molecule has 1 aliphatic heterocycles. The molecule has 0 spiro atoms. The highest BCUT2D eigenvalue weighted by molar-refractivity contribution is 5.88. The fraction of sp³-hybridized carbons (Fsp3) is 0.267. The lowest BCUT2D eigenvalue weighted by Crippen LogP contribution is -2.45. The van der Waals surface area contributed by atoms with Gasteiger partial charge >= 0.3 is 5.97 Å². The number of hydrogen-bond acceptors (Lipinski definition) is 3. The SMILES string of the molecule is CCOC(=O)C1(C)Nc2ccccc2-n2cccc21. The van der Waals surface area contributed by atoms with Crippen molar-refractivity contribution in [2.45, 2.75) is 19.4 Å². The molecular formula is C15H16N2O2. The minimum atomic E-state index is -0.853. The van der Waals surface area contributed by atoms with Gasteiger partial charge in [0.15, 0.2) is 5.54 Å². The van der Waals surface area contributed by atoms with Crippen molar-refractivity contribution in [1.29, 1.82) is 0 Å². The zero-order valence-corrected chi connectivity index (χ0v) is 11.0. The Hall–Kier alpha value is -2.23. The fourth-order valence-electron chi connectivity index (χ4n) is 2.55. The number of anilines is 1. The quantitative estimate of drug-likeness (QED) is 0.840. The van der Waals surface area contributed by atoms with Crippen molar-refractivity contribution in [2.75, 3.05) is 11.9 Å². The maximum atomic E-state index is 12.3. The van der Waals surface area contributed by atoms with Crippen LogP contribution in [0.25, 0.3) is 5.69 Å². The van der Waals surface area contributed by atoms with E-state index in [-0.39, 0.29) is 5.97 Å². The topological polar surface area (TPSA) is 43.3 Å². The van der Waals surface area contributed by atoms with Crippen LogP contribution in [0, 0.1) is 0 Å². The van der Waals surface area contributed by atoms with E-state index in [1.807, 2.05) is 61.0 Å². The van der Waals surface area contributed by atoms with Crippen molar-refractivity contribution in [3.63, 3.8) is 0 Å². The second kappa shape index (κ2) is 4.16. The molecule has 1 aromatic heterocycles. The molecule has 0 saturated carbocycles. The van der Waals surface area contributed by atoms with E-state index in [1.165, 1.54) is 0 Å². The average Bonchev–Trinajstić information content (AvgIpc) is 2.89. The predicted molar refractivity (Wildman–Crippen MR) is 73.4 cm³/mol. The summed E-state index contributed by atoms with van der Waals surface area (Å²) in [6.07, 6.45) is 1.96. The summed E-state index contributed by atoms with van der Waals surface area (Å²) in [4.78, 5) is 12.3. The van der Waals surface area contributed by atoms with Crippen LogP contribution in [0.4, 0.5) is 5.69 Å². The van der Waals surface area contributed by atoms with Gasteiger partial charge in [-0.2, -0.15) is 0 Å². The number of rotatable bonds is 2. The monoisotopic (exact) mass is 256 g/mol. The van der Waals surface area contributed by atoms with E-state index in [9.17, 15) is 4.79 Å². The number of hydrogen-bond donors (Lipinski definition) is 1. The van der Waals surface area contributed by atoms with Gasteiger partial charge in [-0.15, -0.1) is 0 Å². The van der Waals surface area contributed by atoms with Crippen LogP contribution in [0.5, 0.6) is 0 Å². The summed E-state index contributed by atoms with van der Waals surface area (Å²) >= 11 is 0. The van der Waals surface area contributed by atoms with Gasteiger partial charge in [0.05, 0.1) is 23.7 Å². The van der Waals surface area contributed by atoms with Crippen LogP contribution < -0.4 is 5.32 Å². The maximum absolute atomic E-state index is 12.3. The van der Waals surface area contributed by atoms with Crippen molar-refractivity contribution in [3.8, 4) is 5.69 Å². The third-order valence-electron chi connectivity index (χ3n) is 3.49. The molecule has 0 fully saturated rings. The third-order valence-corrected chi connectivity index (χ3v) is 3.49. The van der Waals surface area contributed by atoms with E-state index < -0.39 is 5.54 Å². The maximum Gasteiger partial charge on any atom is 0.337 e. The lowest BCUT2D eigenvalue weighted by molar-refractivity contribution is -0.148. The fourth-order valence-corrected chi connectivity index (χ4v) is 2.55. The number of nitrogens with one attached hydrogen (secondary N) is 1. The molecule has 0 aliphatic carbocycles. The van der Waals surface area contributed by atoms with Crippen LogP contribution in [0.3, 0.4) is 0 Å². The largest absolute Gasteiger partial charge is 0.464 e. The van der Waals surface area contributed by atoms with Gasteiger partial charge in [-0.3, -0.25) is 0 Å². The van der Waals surface area contributed by atoms with Crippen LogP contribution in [-0.4, -0.2) is 17.1 Å². The van der Waals surface area contributed by atoms with Crippen molar-refractivity contribution in [3.05, 3.63) is 48.3 Å². The first kappa shape index (κ1) is 11.8. The summed E-state index contributed by atoms with van der Waals surface area (Å²) in [5, 5.41) is 3.30. The lowest BCUT2D eigenvalue weighted by Gasteiger charge is -2.36. The Morgan fingerprint density at radius 2 is 2.11 bits per heavy atom. The minimum Gasteiger partial charge on any atom is -0.464 e. The van der Waals surface area contributed by atoms with Crippen LogP contribution in [0.1, 0.15) is 19.5 Å². The number of benzene rings is 1. The third kappa shape index (κ3) is 1.63. The molecule has 0 amide bonds. The summed E-state index contributed by atoms with van der Waals surface area (Å²) in [7, 11) is 0. The highest BCUT2D eigenvalue weighted by atomic mass is 16.5. The Morgan fingerprint density at radius 3 is 2.89 bits per heavy atom. The molecule has 1 atom stereocenters. The van der Waals surface area contributed by atoms with Crippen molar-refractivity contribution >= 4 is 11.7 Å². The van der Waals surface area contributed by atoms with Crippen LogP contribution in [-0.2, 0) is 15.1 Å². The van der Waals surface area contributed by atoms with E-state index in [4.69, 9.17) is 4.74 Å². The first-order valence-electron chi connectivity index (χ1n) is 6.39. The standard InChI is InChI=1S/C15H16N2O2/c1-3-19-14(18)15(2)13-9-6-10-17(13)12-8-5-4-7-11(12)16-15/h4-10,16H,3H2,1-2H3. The number of carbonyl (C=O) groups is 1. The van der Waals surface area contributed by atoms with Crippen molar-refractivity contribution < 1.29 is 9.53 Å². The van der Waals surface area contributed by atoms with Gasteiger partial charge in [0.2, 0.25) is 0 Å². The highest BCUT2D eigenvalue weighted by Crippen LogP contribution is 2.37. The number of para-hydroxylation sites is 2. The van der Waals surface area contributed by atoms with E-state index in [0.29, 0.717) is 6.61 Å². The number of carbonyl (C=O) groups excluding carboxylic acids is 1. The average molecular weight is 256 g/mol. The molecule has 19 heavy (non-hydrogen) atoms. The van der Waals surface area contributed by atoms with E-state index in [1.54, 1.807) is 0 Å². The molecule has 0 radical (unpaired) electrons. The molecule has 0 saturated heterocycles. The van der Waals surface area contributed by atoms with Crippen molar-refractivity contribution in [1.82, 2.24) is 4.57 Å². The van der Waals surface area contributed by atoms with E-state index in [2.05, 4.69) is 5.32 Å².